The molecule has 3 aromatic rings. The molecule has 1 amide bonds. The fourth-order valence-electron chi connectivity index (χ4n) is 2.43. The number of esters is 1. The first-order valence-electron chi connectivity index (χ1n) is 7.61. The van der Waals surface area contributed by atoms with Crippen LogP contribution in [0.2, 0.25) is 0 Å². The van der Waals surface area contributed by atoms with Crippen molar-refractivity contribution in [1.29, 1.82) is 0 Å². The van der Waals surface area contributed by atoms with E-state index in [1.54, 1.807) is 10.6 Å². The van der Waals surface area contributed by atoms with Crippen LogP contribution in [0, 0.1) is 5.82 Å². The lowest BCUT2D eigenvalue weighted by molar-refractivity contribution is -0.141. The summed E-state index contributed by atoms with van der Waals surface area (Å²) in [7, 11) is 2.81. The molecule has 0 aliphatic rings. The smallest absolute Gasteiger partial charge is 0.325 e. The third kappa shape index (κ3) is 3.50. The number of methoxy groups -OCH3 is 2. The number of fused-ring (bicyclic) bond motifs is 1. The largest absolute Gasteiger partial charge is 0.495 e. The van der Waals surface area contributed by atoms with Gasteiger partial charge in [-0.3, -0.25) is 9.59 Å². The lowest BCUT2D eigenvalue weighted by Gasteiger charge is -2.07. The van der Waals surface area contributed by atoms with Gasteiger partial charge in [-0.25, -0.2) is 4.39 Å². The molecular weight excluding hydrogens is 359 g/mol. The van der Waals surface area contributed by atoms with Crippen molar-refractivity contribution >= 4 is 33.4 Å². The molecule has 0 N–H and O–H groups in total. The van der Waals surface area contributed by atoms with Gasteiger partial charge in [0.25, 0.3) is 5.91 Å². The number of aromatic nitrogens is 1. The molecule has 1 aromatic heterocycles. The fourth-order valence-corrected chi connectivity index (χ4v) is 3.48. The van der Waals surface area contributed by atoms with Crippen LogP contribution >= 0.6 is 11.3 Å². The van der Waals surface area contributed by atoms with Gasteiger partial charge in [0.1, 0.15) is 23.6 Å². The van der Waals surface area contributed by atoms with E-state index in [-0.39, 0.29) is 12.1 Å². The molecule has 0 atom stereocenters. The van der Waals surface area contributed by atoms with Gasteiger partial charge in [-0.15, -0.1) is 0 Å². The number of hydrogen-bond donors (Lipinski definition) is 0. The summed E-state index contributed by atoms with van der Waals surface area (Å²) < 4.78 is 25.5. The van der Waals surface area contributed by atoms with E-state index in [4.69, 9.17) is 9.47 Å². The van der Waals surface area contributed by atoms with E-state index in [9.17, 15) is 14.0 Å². The van der Waals surface area contributed by atoms with E-state index in [2.05, 4.69) is 4.99 Å². The summed E-state index contributed by atoms with van der Waals surface area (Å²) >= 11 is 1.25. The first-order chi connectivity index (χ1) is 12.5. The van der Waals surface area contributed by atoms with Crippen LogP contribution in [0.5, 0.6) is 5.75 Å². The SMILES string of the molecule is COC(=O)Cn1c(=NC(=O)c2ccc(F)cc2)sc2cccc(OC)c21. The van der Waals surface area contributed by atoms with Gasteiger partial charge in [0.2, 0.25) is 0 Å². The zero-order valence-electron chi connectivity index (χ0n) is 14.1. The third-order valence-corrected chi connectivity index (χ3v) is 4.73. The molecular formula is C18H15FN2O4S. The van der Waals surface area contributed by atoms with Crippen LogP contribution in [-0.4, -0.2) is 30.7 Å². The number of carbonyl (C=O) groups is 2. The average molecular weight is 374 g/mol. The zero-order valence-corrected chi connectivity index (χ0v) is 14.9. The highest BCUT2D eigenvalue weighted by atomic mass is 32.1. The van der Waals surface area contributed by atoms with E-state index in [1.807, 2.05) is 12.1 Å². The Morgan fingerprint density at radius 1 is 1.15 bits per heavy atom. The van der Waals surface area contributed by atoms with Gasteiger partial charge in [0, 0.05) is 5.56 Å². The number of ether oxygens (including phenoxy) is 2. The molecule has 0 aliphatic carbocycles. The molecule has 0 spiro atoms. The Morgan fingerprint density at radius 3 is 2.54 bits per heavy atom. The summed E-state index contributed by atoms with van der Waals surface area (Å²) in [5, 5.41) is 0. The highest BCUT2D eigenvalue weighted by Gasteiger charge is 2.15. The topological polar surface area (TPSA) is 69.9 Å². The first-order valence-corrected chi connectivity index (χ1v) is 8.43. The number of thiazole rings is 1. The van der Waals surface area contributed by atoms with Crippen LogP contribution in [0.15, 0.2) is 47.5 Å². The monoisotopic (exact) mass is 374 g/mol. The second-order valence-corrected chi connectivity index (χ2v) is 6.29. The minimum absolute atomic E-state index is 0.119. The van der Waals surface area contributed by atoms with Crippen LogP contribution in [-0.2, 0) is 16.1 Å². The molecule has 8 heteroatoms. The quantitative estimate of drug-likeness (QED) is 0.659. The Morgan fingerprint density at radius 2 is 1.88 bits per heavy atom. The van der Waals surface area contributed by atoms with Gasteiger partial charge >= 0.3 is 5.97 Å². The normalized spacial score (nSPS) is 11.6. The summed E-state index contributed by atoms with van der Waals surface area (Å²) in [5.74, 6) is -0.896. The molecule has 0 unspecified atom stereocenters. The Bertz CT molecular complexity index is 1040. The number of para-hydroxylation sites is 1. The molecule has 26 heavy (non-hydrogen) atoms. The van der Waals surface area contributed by atoms with Gasteiger partial charge in [0.05, 0.1) is 18.9 Å². The Labute approximate surface area is 152 Å². The highest BCUT2D eigenvalue weighted by molar-refractivity contribution is 7.16. The van der Waals surface area contributed by atoms with E-state index in [0.717, 1.165) is 4.70 Å². The maximum absolute atomic E-state index is 13.0. The number of nitrogens with zero attached hydrogens (tertiary/aromatic N) is 2. The van der Waals surface area contributed by atoms with Gasteiger partial charge in [0.15, 0.2) is 4.80 Å². The summed E-state index contributed by atoms with van der Waals surface area (Å²) in [6.07, 6.45) is 0. The summed E-state index contributed by atoms with van der Waals surface area (Å²) in [4.78, 5) is 28.7. The predicted molar refractivity (Wildman–Crippen MR) is 94.7 cm³/mol. The third-order valence-electron chi connectivity index (χ3n) is 3.69. The van der Waals surface area contributed by atoms with Crippen molar-refractivity contribution in [3.63, 3.8) is 0 Å². The summed E-state index contributed by atoms with van der Waals surface area (Å²) in [6, 6.07) is 10.5. The van der Waals surface area contributed by atoms with Crippen molar-refractivity contribution in [2.45, 2.75) is 6.54 Å². The molecule has 0 aliphatic heterocycles. The van der Waals surface area contributed by atoms with Crippen molar-refractivity contribution < 1.29 is 23.5 Å². The van der Waals surface area contributed by atoms with Crippen LogP contribution in [0.1, 0.15) is 10.4 Å². The molecule has 2 aromatic carbocycles. The van der Waals surface area contributed by atoms with E-state index in [0.29, 0.717) is 16.1 Å². The number of carbonyl (C=O) groups excluding carboxylic acids is 2. The molecule has 3 rings (SSSR count). The fraction of sp³-hybridized carbons (Fsp3) is 0.167. The minimum Gasteiger partial charge on any atom is -0.495 e. The maximum atomic E-state index is 13.0. The number of rotatable bonds is 4. The standard InChI is InChI=1S/C18H15FN2O4S/c1-24-13-4-3-5-14-16(13)21(10-15(22)25-2)18(26-14)20-17(23)11-6-8-12(19)9-7-11/h3-9H,10H2,1-2H3. The van der Waals surface area contributed by atoms with Crippen molar-refractivity contribution in [1.82, 2.24) is 4.57 Å². The van der Waals surface area contributed by atoms with Crippen molar-refractivity contribution in [3.05, 3.63) is 58.6 Å². The predicted octanol–water partition coefficient (Wildman–Crippen LogP) is 2.76. The van der Waals surface area contributed by atoms with Gasteiger partial charge in [-0.2, -0.15) is 4.99 Å². The molecule has 0 fully saturated rings. The second-order valence-electron chi connectivity index (χ2n) is 5.28. The molecule has 0 saturated heterocycles. The van der Waals surface area contributed by atoms with Gasteiger partial charge in [-0.1, -0.05) is 17.4 Å². The highest BCUT2D eigenvalue weighted by Crippen LogP contribution is 2.27. The Kier molecular flexibility index (Phi) is 5.13. The van der Waals surface area contributed by atoms with E-state index >= 15 is 0 Å². The number of halogens is 1. The van der Waals surface area contributed by atoms with Gasteiger partial charge < -0.3 is 14.0 Å². The average Bonchev–Trinajstić information content (AvgIpc) is 2.99. The van der Waals surface area contributed by atoms with Crippen LogP contribution in [0.25, 0.3) is 10.2 Å². The second kappa shape index (κ2) is 7.49. The molecule has 134 valence electrons. The number of amides is 1. The maximum Gasteiger partial charge on any atom is 0.325 e. The van der Waals surface area contributed by atoms with Gasteiger partial charge in [-0.05, 0) is 36.4 Å². The number of benzene rings is 2. The summed E-state index contributed by atoms with van der Waals surface area (Å²) in [5.41, 5.74) is 0.900. The lowest BCUT2D eigenvalue weighted by atomic mass is 10.2. The molecule has 0 bridgehead atoms. The first kappa shape index (κ1) is 17.8. The van der Waals surface area contributed by atoms with E-state index in [1.165, 1.54) is 49.8 Å². The van der Waals surface area contributed by atoms with Crippen LogP contribution < -0.4 is 9.54 Å². The molecule has 1 heterocycles. The molecule has 0 saturated carbocycles. The number of hydrogen-bond acceptors (Lipinski definition) is 5. The Balaban J connectivity index is 2.17. The summed E-state index contributed by atoms with van der Waals surface area (Å²) in [6.45, 7) is -0.119. The van der Waals surface area contributed by atoms with Crippen LogP contribution in [0.4, 0.5) is 4.39 Å². The zero-order chi connectivity index (χ0) is 18.7. The van der Waals surface area contributed by atoms with Crippen LogP contribution in [0.3, 0.4) is 0 Å². The van der Waals surface area contributed by atoms with Crippen molar-refractivity contribution in [2.75, 3.05) is 14.2 Å². The Hall–Kier alpha value is -3.00. The lowest BCUT2D eigenvalue weighted by Crippen LogP contribution is -2.22. The van der Waals surface area contributed by atoms with Crippen molar-refractivity contribution in [3.8, 4) is 5.75 Å². The van der Waals surface area contributed by atoms with E-state index < -0.39 is 17.7 Å². The minimum atomic E-state index is -0.533. The molecule has 6 nitrogen and oxygen atoms in total. The van der Waals surface area contributed by atoms with Crippen molar-refractivity contribution in [2.24, 2.45) is 4.99 Å². The molecule has 0 radical (unpaired) electrons.